The van der Waals surface area contributed by atoms with Crippen molar-refractivity contribution in [2.24, 2.45) is 0 Å². The minimum absolute atomic E-state index is 0.00400. The van der Waals surface area contributed by atoms with Gasteiger partial charge in [0, 0.05) is 30.6 Å². The highest BCUT2D eigenvalue weighted by Gasteiger charge is 2.30. The van der Waals surface area contributed by atoms with Gasteiger partial charge in [0.25, 0.3) is 5.91 Å². The van der Waals surface area contributed by atoms with Crippen LogP contribution in [0.3, 0.4) is 0 Å². The molecule has 0 radical (unpaired) electrons. The van der Waals surface area contributed by atoms with E-state index in [1.165, 1.54) is 11.0 Å². The van der Waals surface area contributed by atoms with Gasteiger partial charge in [0.2, 0.25) is 11.8 Å². The standard InChI is InChI=1S/C22H17F3N4O4/c23-22(24,25)14-2-6-19(26-10-14)33-16-3-5-17-13(9-16)1-4-18(28-17)21(32)27-11-20(31)29-8-7-15(30)12-29/h1-6,9-10H,7-8,11-12H2,(H,27,32). The Morgan fingerprint density at radius 1 is 1.12 bits per heavy atom. The quantitative estimate of drug-likeness (QED) is 0.631. The van der Waals surface area contributed by atoms with Crippen LogP contribution in [0.25, 0.3) is 10.9 Å². The van der Waals surface area contributed by atoms with Gasteiger partial charge < -0.3 is 15.0 Å². The zero-order chi connectivity index (χ0) is 23.6. The molecule has 1 N–H and O–H groups in total. The molecule has 1 aliphatic heterocycles. The number of alkyl halides is 3. The first kappa shape index (κ1) is 22.2. The second kappa shape index (κ2) is 8.85. The molecule has 2 aromatic heterocycles. The SMILES string of the molecule is O=C1CCN(C(=O)CNC(=O)c2ccc3cc(Oc4ccc(C(F)(F)F)cn4)ccc3n2)C1. The predicted octanol–water partition coefficient (Wildman–Crippen LogP) is 2.97. The predicted molar refractivity (Wildman–Crippen MR) is 110 cm³/mol. The lowest BCUT2D eigenvalue weighted by molar-refractivity contribution is -0.137. The van der Waals surface area contributed by atoms with Crippen LogP contribution in [0.4, 0.5) is 13.2 Å². The number of Topliss-reactive ketones (excluding diaryl/α,β-unsaturated/α-hetero) is 1. The summed E-state index contributed by atoms with van der Waals surface area (Å²) in [4.78, 5) is 45.0. The molecule has 0 atom stereocenters. The molecule has 1 fully saturated rings. The summed E-state index contributed by atoms with van der Waals surface area (Å²) in [5.74, 6) is -0.558. The van der Waals surface area contributed by atoms with Crippen LogP contribution in [0.15, 0.2) is 48.7 Å². The molecule has 33 heavy (non-hydrogen) atoms. The molecule has 3 heterocycles. The van der Waals surface area contributed by atoms with E-state index >= 15 is 0 Å². The number of fused-ring (bicyclic) bond motifs is 1. The number of nitrogens with zero attached hydrogens (tertiary/aromatic N) is 3. The van der Waals surface area contributed by atoms with Gasteiger partial charge >= 0.3 is 6.18 Å². The summed E-state index contributed by atoms with van der Waals surface area (Å²) in [5.41, 5.74) is -0.295. The second-order valence-corrected chi connectivity index (χ2v) is 7.32. The smallest absolute Gasteiger partial charge is 0.417 e. The van der Waals surface area contributed by atoms with Gasteiger partial charge in [0.1, 0.15) is 11.4 Å². The highest BCUT2D eigenvalue weighted by molar-refractivity contribution is 5.97. The van der Waals surface area contributed by atoms with Gasteiger partial charge in [-0.25, -0.2) is 9.97 Å². The number of hydrogen-bond donors (Lipinski definition) is 1. The number of pyridine rings is 2. The summed E-state index contributed by atoms with van der Waals surface area (Å²) in [5, 5.41) is 3.12. The molecule has 1 aromatic carbocycles. The van der Waals surface area contributed by atoms with Crippen LogP contribution < -0.4 is 10.1 Å². The molecule has 8 nitrogen and oxygen atoms in total. The monoisotopic (exact) mass is 458 g/mol. The Hall–Kier alpha value is -4.02. The van der Waals surface area contributed by atoms with Crippen LogP contribution in [0.5, 0.6) is 11.6 Å². The fourth-order valence-electron chi connectivity index (χ4n) is 3.22. The highest BCUT2D eigenvalue weighted by atomic mass is 19.4. The normalized spacial score (nSPS) is 13.9. The second-order valence-electron chi connectivity index (χ2n) is 7.32. The van der Waals surface area contributed by atoms with Crippen molar-refractivity contribution in [3.8, 4) is 11.6 Å². The summed E-state index contributed by atoms with van der Waals surface area (Å²) in [6.07, 6.45) is -3.47. The van der Waals surface area contributed by atoms with Crippen LogP contribution in [-0.2, 0) is 15.8 Å². The third-order valence-corrected chi connectivity index (χ3v) is 4.96. The maximum absolute atomic E-state index is 12.6. The van der Waals surface area contributed by atoms with Crippen LogP contribution in [-0.4, -0.2) is 52.1 Å². The van der Waals surface area contributed by atoms with Gasteiger partial charge in [0.15, 0.2) is 5.78 Å². The topological polar surface area (TPSA) is 101 Å². The molecule has 0 aliphatic carbocycles. The van der Waals surface area contributed by atoms with Crippen LogP contribution in [0.1, 0.15) is 22.5 Å². The fraction of sp³-hybridized carbons (Fsp3) is 0.227. The summed E-state index contributed by atoms with van der Waals surface area (Å²) < 4.78 is 43.4. The lowest BCUT2D eigenvalue weighted by Crippen LogP contribution is -2.39. The van der Waals surface area contributed by atoms with Crippen molar-refractivity contribution in [3.05, 3.63) is 59.9 Å². The first-order valence-corrected chi connectivity index (χ1v) is 9.88. The fourth-order valence-corrected chi connectivity index (χ4v) is 3.22. The van der Waals surface area contributed by atoms with Gasteiger partial charge in [-0.2, -0.15) is 13.2 Å². The number of aromatic nitrogens is 2. The number of hydrogen-bond acceptors (Lipinski definition) is 6. The molecule has 11 heteroatoms. The van der Waals surface area contributed by atoms with E-state index in [-0.39, 0.29) is 36.4 Å². The minimum atomic E-state index is -4.48. The largest absolute Gasteiger partial charge is 0.439 e. The molecule has 2 amide bonds. The number of likely N-dealkylation sites (tertiary alicyclic amines) is 1. The summed E-state index contributed by atoms with van der Waals surface area (Å²) >= 11 is 0. The van der Waals surface area contributed by atoms with Gasteiger partial charge in [-0.3, -0.25) is 14.4 Å². The van der Waals surface area contributed by atoms with E-state index in [0.29, 0.717) is 35.8 Å². The van der Waals surface area contributed by atoms with Gasteiger partial charge in [0.05, 0.1) is 24.2 Å². The van der Waals surface area contributed by atoms with Crippen LogP contribution in [0, 0.1) is 0 Å². The number of halogens is 3. The number of ether oxygens (including phenoxy) is 1. The lowest BCUT2D eigenvalue weighted by atomic mass is 10.2. The van der Waals surface area contributed by atoms with E-state index in [2.05, 4.69) is 15.3 Å². The Labute approximate surface area is 185 Å². The van der Waals surface area contributed by atoms with Gasteiger partial charge in [-0.05, 0) is 30.3 Å². The van der Waals surface area contributed by atoms with E-state index in [4.69, 9.17) is 4.74 Å². The summed E-state index contributed by atoms with van der Waals surface area (Å²) in [6, 6.07) is 9.85. The molecule has 0 bridgehead atoms. The number of carbonyl (C=O) groups excluding carboxylic acids is 3. The van der Waals surface area contributed by atoms with E-state index < -0.39 is 17.6 Å². The Bertz CT molecular complexity index is 1230. The molecule has 0 saturated carbocycles. The van der Waals surface area contributed by atoms with Crippen molar-refractivity contribution < 1.29 is 32.3 Å². The molecule has 4 rings (SSSR count). The average Bonchev–Trinajstić information content (AvgIpc) is 3.23. The number of amides is 2. The van der Waals surface area contributed by atoms with Gasteiger partial charge in [-0.1, -0.05) is 6.07 Å². The maximum atomic E-state index is 12.6. The number of rotatable bonds is 5. The molecule has 1 saturated heterocycles. The van der Waals surface area contributed by atoms with E-state index in [0.717, 1.165) is 12.1 Å². The van der Waals surface area contributed by atoms with Crippen molar-refractivity contribution in [3.63, 3.8) is 0 Å². The minimum Gasteiger partial charge on any atom is -0.439 e. The van der Waals surface area contributed by atoms with Crippen LogP contribution >= 0.6 is 0 Å². The number of ketones is 1. The third kappa shape index (κ3) is 5.25. The van der Waals surface area contributed by atoms with Crippen molar-refractivity contribution >= 4 is 28.5 Å². The first-order chi connectivity index (χ1) is 15.7. The molecule has 1 aliphatic rings. The van der Waals surface area contributed by atoms with E-state index in [9.17, 15) is 27.6 Å². The van der Waals surface area contributed by atoms with Crippen LogP contribution in [0.2, 0.25) is 0 Å². The molecular formula is C22H17F3N4O4. The maximum Gasteiger partial charge on any atom is 0.417 e. The third-order valence-electron chi connectivity index (χ3n) is 4.96. The molecule has 0 unspecified atom stereocenters. The Morgan fingerprint density at radius 3 is 2.61 bits per heavy atom. The first-order valence-electron chi connectivity index (χ1n) is 9.88. The highest BCUT2D eigenvalue weighted by Crippen LogP contribution is 2.30. The Balaban J connectivity index is 1.40. The van der Waals surface area contributed by atoms with Crippen molar-refractivity contribution in [1.82, 2.24) is 20.2 Å². The average molecular weight is 458 g/mol. The molecule has 170 valence electrons. The van der Waals surface area contributed by atoms with Crippen molar-refractivity contribution in [2.75, 3.05) is 19.6 Å². The summed E-state index contributed by atoms with van der Waals surface area (Å²) in [7, 11) is 0. The summed E-state index contributed by atoms with van der Waals surface area (Å²) in [6.45, 7) is 0.183. The zero-order valence-electron chi connectivity index (χ0n) is 17.1. The van der Waals surface area contributed by atoms with E-state index in [1.54, 1.807) is 24.3 Å². The molecule has 3 aromatic rings. The zero-order valence-corrected chi connectivity index (χ0v) is 17.1. The Morgan fingerprint density at radius 2 is 1.94 bits per heavy atom. The lowest BCUT2D eigenvalue weighted by Gasteiger charge is -2.14. The Kier molecular flexibility index (Phi) is 5.95. The van der Waals surface area contributed by atoms with Crippen molar-refractivity contribution in [1.29, 1.82) is 0 Å². The van der Waals surface area contributed by atoms with E-state index in [1.807, 2.05) is 0 Å². The molecular weight excluding hydrogens is 441 g/mol. The van der Waals surface area contributed by atoms with Gasteiger partial charge in [-0.15, -0.1) is 0 Å². The number of carbonyl (C=O) groups is 3. The number of nitrogens with one attached hydrogen (secondary N) is 1. The molecule has 0 spiro atoms. The number of benzene rings is 1. The van der Waals surface area contributed by atoms with Crippen molar-refractivity contribution in [2.45, 2.75) is 12.6 Å².